The minimum Gasteiger partial charge on any atom is -0.744 e. The number of carbonyl (C=O) groups is 1. The molecule has 0 fully saturated rings. The molecule has 0 aliphatic heterocycles. The normalized spacial score (nSPS) is 13.7. The number of benzene rings is 7. The van der Waals surface area contributed by atoms with Gasteiger partial charge >= 0.3 is 88.7 Å². The van der Waals surface area contributed by atoms with Crippen molar-refractivity contribution in [2.75, 3.05) is 11.2 Å². The van der Waals surface area contributed by atoms with Crippen LogP contribution in [0.15, 0.2) is 162 Å². The van der Waals surface area contributed by atoms with E-state index in [1.165, 1.54) is 30.3 Å². The van der Waals surface area contributed by atoms with Crippen molar-refractivity contribution in [3.63, 3.8) is 0 Å². The molecule has 3 N–H and O–H groups in total. The Kier molecular flexibility index (Phi) is 15.5. The summed E-state index contributed by atoms with van der Waals surface area (Å²) in [4.78, 5) is 11.0. The SMILES string of the molecule is Nc1ccc2c(c1)C=C(S(=O)(=O)[O-])/C(=N/Nc1ccc(N=Nc3ccc(N=Nc4ccc5c(S(=O)(=O)[O-])cccc5c4S(=O)(=O)[O-])c4ccccc34)c3ccccc13)C2=O.[Na+].[Na+].[Na+]. The molecule has 0 bridgehead atoms. The third-order valence-corrected chi connectivity index (χ3v) is 12.1. The van der Waals surface area contributed by atoms with Crippen LogP contribution in [0.1, 0.15) is 15.9 Å². The van der Waals surface area contributed by atoms with Gasteiger partial charge in [0.1, 0.15) is 41.8 Å². The van der Waals surface area contributed by atoms with Gasteiger partial charge in [0.25, 0.3) is 0 Å². The summed E-state index contributed by atoms with van der Waals surface area (Å²) in [7, 11) is -15.4. The smallest absolute Gasteiger partial charge is 0.744 e. The van der Waals surface area contributed by atoms with Crippen molar-refractivity contribution in [1.82, 2.24) is 0 Å². The number of Topliss-reactive ketones (excluding diaryl/α,β-unsaturated/α-hetero) is 1. The predicted octanol–water partition coefficient (Wildman–Crippen LogP) is -1.07. The van der Waals surface area contributed by atoms with E-state index in [2.05, 4.69) is 31.0 Å². The Morgan fingerprint density at radius 3 is 1.57 bits per heavy atom. The summed E-state index contributed by atoms with van der Waals surface area (Å²) in [6, 6.07) is 30.1. The third-order valence-electron chi connectivity index (χ3n) is 9.39. The fourth-order valence-corrected chi connectivity index (χ4v) is 8.89. The van der Waals surface area contributed by atoms with E-state index in [4.69, 9.17) is 5.73 Å². The van der Waals surface area contributed by atoms with Crippen LogP contribution in [0.2, 0.25) is 0 Å². The second-order valence-electron chi connectivity index (χ2n) is 13.1. The average Bonchev–Trinajstić information content (AvgIpc) is 3.20. The Morgan fingerprint density at radius 1 is 0.508 bits per heavy atom. The first kappa shape index (κ1) is 49.9. The van der Waals surface area contributed by atoms with E-state index in [1.54, 1.807) is 72.8 Å². The molecule has 7 aromatic carbocycles. The van der Waals surface area contributed by atoms with Crippen LogP contribution in [-0.2, 0) is 30.4 Å². The van der Waals surface area contributed by atoms with Gasteiger partial charge in [-0.1, -0.05) is 66.7 Å². The molecule has 23 heteroatoms. The second kappa shape index (κ2) is 19.6. The van der Waals surface area contributed by atoms with Crippen LogP contribution >= 0.6 is 0 Å². The Morgan fingerprint density at radius 2 is 1.02 bits per heavy atom. The van der Waals surface area contributed by atoms with Crippen LogP contribution in [0, 0.1) is 0 Å². The first-order valence-corrected chi connectivity index (χ1v) is 21.5. The van der Waals surface area contributed by atoms with Crippen molar-refractivity contribution >= 4 is 114 Å². The number of hydrogen-bond acceptors (Lipinski definition) is 17. The maximum absolute atomic E-state index is 13.3. The number of ketones is 1. The topological polar surface area (TPSA) is 289 Å². The molecule has 1 aliphatic rings. The van der Waals surface area contributed by atoms with Crippen LogP contribution in [0.25, 0.3) is 38.4 Å². The molecule has 0 atom stereocenters. The summed E-state index contributed by atoms with van der Waals surface area (Å²) >= 11 is 0. The van der Waals surface area contributed by atoms with Crippen LogP contribution < -0.4 is 99.8 Å². The van der Waals surface area contributed by atoms with Gasteiger partial charge in [0.2, 0.25) is 5.78 Å². The molecule has 17 nitrogen and oxygen atoms in total. The van der Waals surface area contributed by atoms with Crippen LogP contribution in [0.3, 0.4) is 0 Å². The number of rotatable bonds is 9. The van der Waals surface area contributed by atoms with E-state index in [0.29, 0.717) is 38.6 Å². The van der Waals surface area contributed by atoms with Gasteiger partial charge in [-0.15, -0.1) is 20.5 Å². The van der Waals surface area contributed by atoms with Crippen molar-refractivity contribution in [3.05, 3.63) is 137 Å². The monoisotopic (exact) mass is 927 g/mol. The maximum Gasteiger partial charge on any atom is 1.00 e. The van der Waals surface area contributed by atoms with Gasteiger partial charge < -0.3 is 19.4 Å². The van der Waals surface area contributed by atoms with Crippen LogP contribution in [-0.4, -0.2) is 50.4 Å². The Labute approximate surface area is 425 Å². The van der Waals surface area contributed by atoms with E-state index in [1.807, 2.05) is 0 Å². The van der Waals surface area contributed by atoms with E-state index in [9.17, 15) is 43.7 Å². The van der Waals surface area contributed by atoms with Gasteiger partial charge in [-0.2, -0.15) is 5.10 Å². The average molecular weight is 928 g/mol. The Hall–Kier alpha value is -4.07. The summed E-state index contributed by atoms with van der Waals surface area (Å²) in [6.07, 6.45) is 1.06. The molecule has 300 valence electrons. The van der Waals surface area contributed by atoms with E-state index < -0.39 is 56.5 Å². The van der Waals surface area contributed by atoms with Gasteiger partial charge in [0.05, 0.1) is 37.4 Å². The summed E-state index contributed by atoms with van der Waals surface area (Å²) in [5, 5.41) is 23.0. The minimum atomic E-state index is -5.25. The summed E-state index contributed by atoms with van der Waals surface area (Å²) in [6.45, 7) is 0. The zero-order chi connectivity index (χ0) is 42.6. The fraction of sp³-hybridized carbons (Fsp3) is 0. The zero-order valence-corrected chi connectivity index (χ0v) is 41.7. The van der Waals surface area contributed by atoms with Gasteiger partial charge in [0, 0.05) is 43.6 Å². The molecule has 63 heavy (non-hydrogen) atoms. The van der Waals surface area contributed by atoms with Crippen molar-refractivity contribution in [2.24, 2.45) is 25.6 Å². The summed E-state index contributed by atoms with van der Waals surface area (Å²) in [5.41, 5.74) is 9.54. The van der Waals surface area contributed by atoms with Crippen molar-refractivity contribution in [1.29, 1.82) is 0 Å². The Balaban J connectivity index is 0.00000249. The summed E-state index contributed by atoms with van der Waals surface area (Å²) in [5.74, 6) is -0.785. The third kappa shape index (κ3) is 10.3. The number of nitrogens with one attached hydrogen (secondary N) is 1. The first-order chi connectivity index (χ1) is 28.5. The quantitative estimate of drug-likeness (QED) is 0.0576. The molecule has 0 unspecified atom stereocenters. The number of carbonyl (C=O) groups excluding carboxylic acids is 1. The maximum atomic E-state index is 13.3. The van der Waals surface area contributed by atoms with Gasteiger partial charge in [-0.3, -0.25) is 10.2 Å². The van der Waals surface area contributed by atoms with Crippen molar-refractivity contribution < 1.29 is 132 Å². The molecule has 8 rings (SSSR count). The van der Waals surface area contributed by atoms with Gasteiger partial charge in [-0.05, 0) is 66.2 Å². The molecule has 7 aromatic rings. The molecule has 0 saturated carbocycles. The largest absolute Gasteiger partial charge is 1.00 e. The van der Waals surface area contributed by atoms with Crippen LogP contribution in [0.4, 0.5) is 34.1 Å². The standard InChI is InChI=1S/C40H27N7O10S3.3Na/c41-23-12-13-24-22(20-23)21-37(59(52,53)54)38(39(24)48)47-45-34-19-18-32(27-8-3-4-9-28(27)34)43-42-31-16-17-33(26-7-2-1-6-25(26)31)44-46-35-15-14-29-30(40(35)60(55,56)57)10-5-11-36(29)58(49,50)51;;;/h1-21,45H,41H2,(H,49,50,51)(H,52,53,54)(H,55,56,57);;;/q;3*+1/p-3/b43-42?,46-44?,47-38-;;;. The zero-order valence-electron chi connectivity index (χ0n) is 33.2. The molecule has 1 aliphatic carbocycles. The molecule has 0 amide bonds. The molecule has 0 aromatic heterocycles. The van der Waals surface area contributed by atoms with Crippen LogP contribution in [0.5, 0.6) is 0 Å². The number of allylic oxidation sites excluding steroid dienone is 1. The van der Waals surface area contributed by atoms with Crippen molar-refractivity contribution in [3.8, 4) is 0 Å². The number of nitrogens with two attached hydrogens (primary N) is 1. The number of nitrogens with zero attached hydrogens (tertiary/aromatic N) is 5. The van der Waals surface area contributed by atoms with E-state index in [0.717, 1.165) is 24.3 Å². The number of anilines is 2. The fourth-order valence-electron chi connectivity index (χ4n) is 6.74. The molecule has 0 radical (unpaired) electrons. The van der Waals surface area contributed by atoms with Gasteiger partial charge in [0.15, 0.2) is 0 Å². The number of hydrogen-bond donors (Lipinski definition) is 2. The number of fused-ring (bicyclic) bond motifs is 4. The molecule has 0 saturated heterocycles. The summed E-state index contributed by atoms with van der Waals surface area (Å²) < 4.78 is 109. The minimum absolute atomic E-state index is 0. The van der Waals surface area contributed by atoms with E-state index >= 15 is 0 Å². The molecular weight excluding hydrogens is 904 g/mol. The molecule has 0 spiro atoms. The van der Waals surface area contributed by atoms with Crippen molar-refractivity contribution in [2.45, 2.75) is 9.79 Å². The number of hydrazone groups is 1. The number of nitrogen functional groups attached to an aromatic ring is 1. The second-order valence-corrected chi connectivity index (χ2v) is 17.1. The van der Waals surface area contributed by atoms with E-state index in [-0.39, 0.29) is 128 Å². The molecule has 0 heterocycles. The first-order valence-electron chi connectivity index (χ1n) is 17.3. The number of azo groups is 2. The molecular formula is C40H24N7Na3O10S3. The Bertz CT molecular complexity index is 3500. The van der Waals surface area contributed by atoms with Gasteiger partial charge in [-0.25, -0.2) is 25.3 Å². The predicted molar refractivity (Wildman–Crippen MR) is 220 cm³/mol.